The molecule has 1 aromatic carbocycles. The lowest BCUT2D eigenvalue weighted by atomic mass is 10.2. The summed E-state index contributed by atoms with van der Waals surface area (Å²) in [5.41, 5.74) is 2.97. The lowest BCUT2D eigenvalue weighted by Crippen LogP contribution is -2.18. The SMILES string of the molecule is COCc1nc(C)c(CC(=O)Nc2ccc(N3CCCC3)cc2)s1. The maximum absolute atomic E-state index is 12.3. The molecule has 1 aliphatic rings. The number of hydrogen-bond donors (Lipinski definition) is 1. The molecule has 1 saturated heterocycles. The van der Waals surface area contributed by atoms with Gasteiger partial charge in [-0.3, -0.25) is 4.79 Å². The number of carbonyl (C=O) groups excluding carboxylic acids is 1. The van der Waals surface area contributed by atoms with Crippen molar-refractivity contribution in [3.05, 3.63) is 39.8 Å². The molecule has 6 heteroatoms. The van der Waals surface area contributed by atoms with Gasteiger partial charge < -0.3 is 15.0 Å². The molecule has 1 N–H and O–H groups in total. The Balaban J connectivity index is 1.58. The largest absolute Gasteiger partial charge is 0.378 e. The summed E-state index contributed by atoms with van der Waals surface area (Å²) in [5.74, 6) is -0.0142. The number of methoxy groups -OCH3 is 1. The minimum absolute atomic E-state index is 0.0142. The minimum atomic E-state index is -0.0142. The number of nitrogens with zero attached hydrogens (tertiary/aromatic N) is 2. The number of nitrogens with one attached hydrogen (secondary N) is 1. The molecule has 2 aromatic rings. The number of rotatable bonds is 6. The second-order valence-corrected chi connectivity index (χ2v) is 7.18. The van der Waals surface area contributed by atoms with E-state index in [1.165, 1.54) is 29.9 Å². The van der Waals surface area contributed by atoms with Crippen molar-refractivity contribution in [2.75, 3.05) is 30.4 Å². The van der Waals surface area contributed by atoms with Crippen LogP contribution in [-0.4, -0.2) is 31.1 Å². The smallest absolute Gasteiger partial charge is 0.229 e. The van der Waals surface area contributed by atoms with Gasteiger partial charge in [-0.05, 0) is 44.0 Å². The number of anilines is 2. The number of aromatic nitrogens is 1. The van der Waals surface area contributed by atoms with Crippen LogP contribution in [0.2, 0.25) is 0 Å². The Morgan fingerprint density at radius 1 is 1.29 bits per heavy atom. The molecule has 1 fully saturated rings. The van der Waals surface area contributed by atoms with Crippen molar-refractivity contribution in [3.63, 3.8) is 0 Å². The Morgan fingerprint density at radius 2 is 2.00 bits per heavy atom. The van der Waals surface area contributed by atoms with Crippen molar-refractivity contribution in [3.8, 4) is 0 Å². The molecule has 128 valence electrons. The highest BCUT2D eigenvalue weighted by Gasteiger charge is 2.14. The lowest BCUT2D eigenvalue weighted by molar-refractivity contribution is -0.115. The van der Waals surface area contributed by atoms with Crippen LogP contribution < -0.4 is 10.2 Å². The van der Waals surface area contributed by atoms with Crippen LogP contribution in [0.4, 0.5) is 11.4 Å². The number of amides is 1. The fourth-order valence-electron chi connectivity index (χ4n) is 2.92. The van der Waals surface area contributed by atoms with Crippen LogP contribution in [0.25, 0.3) is 0 Å². The number of benzene rings is 1. The van der Waals surface area contributed by atoms with Crippen molar-refractivity contribution in [2.45, 2.75) is 32.8 Å². The molecular weight excluding hydrogens is 322 g/mol. The van der Waals surface area contributed by atoms with Crippen molar-refractivity contribution in [2.24, 2.45) is 0 Å². The molecule has 5 nitrogen and oxygen atoms in total. The van der Waals surface area contributed by atoms with Gasteiger partial charge in [0.05, 0.1) is 18.7 Å². The average molecular weight is 345 g/mol. The standard InChI is InChI=1S/C18H23N3O2S/c1-13-16(24-18(19-13)12-23-2)11-17(22)20-14-5-7-15(8-6-14)21-9-3-4-10-21/h5-8H,3-4,9-12H2,1-2H3,(H,20,22). The molecule has 0 aliphatic carbocycles. The van der Waals surface area contributed by atoms with E-state index in [1.54, 1.807) is 7.11 Å². The van der Waals surface area contributed by atoms with Crippen LogP contribution in [0.5, 0.6) is 0 Å². The highest BCUT2D eigenvalue weighted by Crippen LogP contribution is 2.23. The van der Waals surface area contributed by atoms with Crippen molar-refractivity contribution >= 4 is 28.6 Å². The number of ether oxygens (including phenoxy) is 1. The van der Waals surface area contributed by atoms with E-state index in [0.29, 0.717) is 13.0 Å². The first-order chi connectivity index (χ1) is 11.7. The second kappa shape index (κ2) is 7.77. The van der Waals surface area contributed by atoms with Crippen LogP contribution in [0.15, 0.2) is 24.3 Å². The molecule has 1 amide bonds. The Morgan fingerprint density at radius 3 is 2.67 bits per heavy atom. The van der Waals surface area contributed by atoms with E-state index in [1.807, 2.05) is 19.1 Å². The third kappa shape index (κ3) is 4.13. The first kappa shape index (κ1) is 16.9. The van der Waals surface area contributed by atoms with Crippen LogP contribution in [-0.2, 0) is 22.6 Å². The fraction of sp³-hybridized carbons (Fsp3) is 0.444. The van der Waals surface area contributed by atoms with Gasteiger partial charge in [-0.25, -0.2) is 4.98 Å². The van der Waals surface area contributed by atoms with Gasteiger partial charge in [-0.15, -0.1) is 11.3 Å². The normalized spacial score (nSPS) is 14.2. The summed E-state index contributed by atoms with van der Waals surface area (Å²) in [7, 11) is 1.65. The van der Waals surface area contributed by atoms with E-state index in [2.05, 4.69) is 27.3 Å². The second-order valence-electron chi connectivity index (χ2n) is 6.02. The molecule has 3 rings (SSSR count). The van der Waals surface area contributed by atoms with Gasteiger partial charge in [0, 0.05) is 36.5 Å². The molecule has 0 radical (unpaired) electrons. The van der Waals surface area contributed by atoms with Gasteiger partial charge in [-0.1, -0.05) is 0 Å². The summed E-state index contributed by atoms with van der Waals surface area (Å²) in [6, 6.07) is 8.11. The quantitative estimate of drug-likeness (QED) is 0.872. The third-order valence-corrected chi connectivity index (χ3v) is 5.28. The zero-order valence-corrected chi connectivity index (χ0v) is 15.0. The zero-order valence-electron chi connectivity index (χ0n) is 14.2. The highest BCUT2D eigenvalue weighted by atomic mass is 32.1. The maximum Gasteiger partial charge on any atom is 0.229 e. The van der Waals surface area contributed by atoms with Gasteiger partial charge in [0.25, 0.3) is 0 Å². The van der Waals surface area contributed by atoms with Crippen LogP contribution in [0.1, 0.15) is 28.4 Å². The first-order valence-electron chi connectivity index (χ1n) is 8.24. The highest BCUT2D eigenvalue weighted by molar-refractivity contribution is 7.11. The van der Waals surface area contributed by atoms with E-state index < -0.39 is 0 Å². The van der Waals surface area contributed by atoms with E-state index >= 15 is 0 Å². The number of hydrogen-bond acceptors (Lipinski definition) is 5. The van der Waals surface area contributed by atoms with Gasteiger partial charge >= 0.3 is 0 Å². The predicted octanol–water partition coefficient (Wildman–Crippen LogP) is 3.38. The molecule has 0 spiro atoms. The van der Waals surface area contributed by atoms with Gasteiger partial charge in [-0.2, -0.15) is 0 Å². The van der Waals surface area contributed by atoms with Gasteiger partial charge in [0.15, 0.2) is 0 Å². The maximum atomic E-state index is 12.3. The van der Waals surface area contributed by atoms with Crippen LogP contribution >= 0.6 is 11.3 Å². The topological polar surface area (TPSA) is 54.5 Å². The van der Waals surface area contributed by atoms with Gasteiger partial charge in [0.2, 0.25) is 5.91 Å². The molecule has 0 bridgehead atoms. The van der Waals surface area contributed by atoms with E-state index in [0.717, 1.165) is 34.4 Å². The van der Waals surface area contributed by atoms with Gasteiger partial charge in [0.1, 0.15) is 5.01 Å². The Kier molecular flexibility index (Phi) is 5.48. The Hall–Kier alpha value is -1.92. The molecule has 1 aromatic heterocycles. The minimum Gasteiger partial charge on any atom is -0.378 e. The lowest BCUT2D eigenvalue weighted by Gasteiger charge is -2.17. The Labute approximate surface area is 146 Å². The molecule has 2 heterocycles. The van der Waals surface area contributed by atoms with Crippen LogP contribution in [0, 0.1) is 6.92 Å². The molecule has 0 saturated carbocycles. The number of carbonyl (C=O) groups is 1. The van der Waals surface area contributed by atoms with E-state index in [9.17, 15) is 4.79 Å². The Bertz CT molecular complexity index is 691. The molecule has 0 unspecified atom stereocenters. The number of thiazole rings is 1. The van der Waals surface area contributed by atoms with Crippen molar-refractivity contribution < 1.29 is 9.53 Å². The molecular formula is C18H23N3O2S. The average Bonchev–Trinajstić information content (AvgIpc) is 3.19. The summed E-state index contributed by atoms with van der Waals surface area (Å²) in [5, 5.41) is 3.88. The summed E-state index contributed by atoms with van der Waals surface area (Å²) < 4.78 is 5.09. The first-order valence-corrected chi connectivity index (χ1v) is 9.06. The fourth-order valence-corrected chi connectivity index (χ4v) is 3.96. The monoisotopic (exact) mass is 345 g/mol. The summed E-state index contributed by atoms with van der Waals surface area (Å²) in [6.45, 7) is 4.68. The van der Waals surface area contributed by atoms with Crippen LogP contribution in [0.3, 0.4) is 0 Å². The predicted molar refractivity (Wildman–Crippen MR) is 97.8 cm³/mol. The molecule has 1 aliphatic heterocycles. The van der Waals surface area contributed by atoms with Crippen molar-refractivity contribution in [1.29, 1.82) is 0 Å². The number of aryl methyl sites for hydroxylation is 1. The third-order valence-electron chi connectivity index (χ3n) is 4.15. The van der Waals surface area contributed by atoms with E-state index in [-0.39, 0.29) is 5.91 Å². The molecule has 0 atom stereocenters. The van der Waals surface area contributed by atoms with Crippen molar-refractivity contribution in [1.82, 2.24) is 4.98 Å². The molecule has 24 heavy (non-hydrogen) atoms. The summed E-state index contributed by atoms with van der Waals surface area (Å²) in [4.78, 5) is 20.1. The summed E-state index contributed by atoms with van der Waals surface area (Å²) >= 11 is 1.54. The van der Waals surface area contributed by atoms with E-state index in [4.69, 9.17) is 4.74 Å². The summed E-state index contributed by atoms with van der Waals surface area (Å²) in [6.07, 6.45) is 2.87. The zero-order chi connectivity index (χ0) is 16.9.